The number of amides is 1. The van der Waals surface area contributed by atoms with Crippen LogP contribution in [0.3, 0.4) is 0 Å². The molecule has 1 heterocycles. The molecule has 2 rings (SSSR count). The molecule has 0 spiro atoms. The second-order valence-electron chi connectivity index (χ2n) is 5.61. The Bertz CT molecular complexity index is 527. The van der Waals surface area contributed by atoms with Gasteiger partial charge in [-0.3, -0.25) is 9.48 Å². The van der Waals surface area contributed by atoms with Crippen LogP contribution in [0.5, 0.6) is 0 Å². The number of aryl methyl sites for hydroxylation is 1. The summed E-state index contributed by atoms with van der Waals surface area (Å²) in [5.74, 6) is -1.42. The summed E-state index contributed by atoms with van der Waals surface area (Å²) >= 11 is 0. The highest BCUT2D eigenvalue weighted by molar-refractivity contribution is 5.88. The zero-order valence-electron chi connectivity index (χ0n) is 11.7. The Hall–Kier alpha value is -1.89. The van der Waals surface area contributed by atoms with Crippen molar-refractivity contribution < 1.29 is 14.7 Å². The first kappa shape index (κ1) is 14.5. The van der Waals surface area contributed by atoms with Gasteiger partial charge in [0.15, 0.2) is 6.04 Å². The number of rotatable bonds is 4. The monoisotopic (exact) mass is 280 g/mol. The van der Waals surface area contributed by atoms with Crippen molar-refractivity contribution in [2.24, 2.45) is 18.2 Å². The Labute approximate surface area is 117 Å². The molecule has 1 aliphatic rings. The number of aliphatic carboxylic acids is 1. The maximum Gasteiger partial charge on any atom is 0.331 e. The molecule has 7 nitrogen and oxygen atoms in total. The van der Waals surface area contributed by atoms with Crippen molar-refractivity contribution in [1.29, 1.82) is 0 Å². The Morgan fingerprint density at radius 3 is 2.80 bits per heavy atom. The standard InChI is InChI=1S/C13H20N4O3/c1-13(5-3-4-9(13)14)12(20)16-10(11(18)19)8-6-15-17(2)7-8/h6-7,9-10H,3-5,14H2,1-2H3,(H,16,20)(H,18,19). The lowest BCUT2D eigenvalue weighted by atomic mass is 9.84. The number of carboxylic acid groups (broad SMARTS) is 1. The average molecular weight is 280 g/mol. The third kappa shape index (κ3) is 2.53. The number of nitrogens with two attached hydrogens (primary N) is 1. The fraction of sp³-hybridized carbons (Fsp3) is 0.615. The van der Waals surface area contributed by atoms with E-state index in [1.165, 1.54) is 10.9 Å². The van der Waals surface area contributed by atoms with Crippen LogP contribution in [-0.4, -0.2) is 32.8 Å². The largest absolute Gasteiger partial charge is 0.479 e. The number of carboxylic acids is 1. The third-order valence-corrected chi connectivity index (χ3v) is 4.13. The molecule has 1 aromatic rings. The van der Waals surface area contributed by atoms with E-state index in [9.17, 15) is 14.7 Å². The molecule has 0 radical (unpaired) electrons. The van der Waals surface area contributed by atoms with E-state index in [-0.39, 0.29) is 11.9 Å². The molecule has 110 valence electrons. The number of hydrogen-bond acceptors (Lipinski definition) is 4. The fourth-order valence-corrected chi connectivity index (χ4v) is 2.65. The van der Waals surface area contributed by atoms with Gasteiger partial charge in [0.25, 0.3) is 0 Å². The molecule has 0 bridgehead atoms. The van der Waals surface area contributed by atoms with Gasteiger partial charge >= 0.3 is 5.97 Å². The molecular weight excluding hydrogens is 260 g/mol. The van der Waals surface area contributed by atoms with Gasteiger partial charge in [-0.25, -0.2) is 4.79 Å². The Balaban J connectivity index is 2.17. The summed E-state index contributed by atoms with van der Waals surface area (Å²) in [6.45, 7) is 1.79. The topological polar surface area (TPSA) is 110 Å². The maximum atomic E-state index is 12.4. The molecule has 1 aromatic heterocycles. The number of carbonyl (C=O) groups excluding carboxylic acids is 1. The van der Waals surface area contributed by atoms with Crippen LogP contribution in [0.15, 0.2) is 12.4 Å². The van der Waals surface area contributed by atoms with Gasteiger partial charge in [-0.15, -0.1) is 0 Å². The molecule has 1 aliphatic carbocycles. The molecule has 4 N–H and O–H groups in total. The fourth-order valence-electron chi connectivity index (χ4n) is 2.65. The van der Waals surface area contributed by atoms with Gasteiger partial charge in [0, 0.05) is 24.8 Å². The van der Waals surface area contributed by atoms with Gasteiger partial charge in [0.1, 0.15) is 0 Å². The van der Waals surface area contributed by atoms with Crippen LogP contribution in [-0.2, 0) is 16.6 Å². The normalized spacial score (nSPS) is 27.2. The lowest BCUT2D eigenvalue weighted by Gasteiger charge is -2.29. The van der Waals surface area contributed by atoms with Gasteiger partial charge < -0.3 is 16.2 Å². The smallest absolute Gasteiger partial charge is 0.331 e. The minimum atomic E-state index is -1.11. The average Bonchev–Trinajstić information content (AvgIpc) is 2.94. The summed E-state index contributed by atoms with van der Waals surface area (Å²) in [6.07, 6.45) is 5.37. The molecule has 7 heteroatoms. The number of nitrogens with zero attached hydrogens (tertiary/aromatic N) is 2. The molecule has 20 heavy (non-hydrogen) atoms. The number of carbonyl (C=O) groups is 2. The zero-order chi connectivity index (χ0) is 14.9. The van der Waals surface area contributed by atoms with E-state index in [4.69, 9.17) is 5.73 Å². The van der Waals surface area contributed by atoms with Gasteiger partial charge in [-0.1, -0.05) is 6.42 Å². The zero-order valence-corrected chi connectivity index (χ0v) is 11.7. The predicted molar refractivity (Wildman–Crippen MR) is 71.7 cm³/mol. The Morgan fingerprint density at radius 1 is 1.65 bits per heavy atom. The van der Waals surface area contributed by atoms with E-state index < -0.39 is 17.4 Å². The maximum absolute atomic E-state index is 12.4. The van der Waals surface area contributed by atoms with E-state index >= 15 is 0 Å². The quantitative estimate of drug-likeness (QED) is 0.728. The minimum Gasteiger partial charge on any atom is -0.479 e. The summed E-state index contributed by atoms with van der Waals surface area (Å²) in [7, 11) is 1.69. The summed E-state index contributed by atoms with van der Waals surface area (Å²) in [5.41, 5.74) is 5.73. The number of hydrogen-bond donors (Lipinski definition) is 3. The second-order valence-corrected chi connectivity index (χ2v) is 5.61. The first-order valence-corrected chi connectivity index (χ1v) is 6.62. The van der Waals surface area contributed by atoms with Gasteiger partial charge in [-0.2, -0.15) is 5.10 Å². The highest BCUT2D eigenvalue weighted by atomic mass is 16.4. The number of aromatic nitrogens is 2. The molecule has 0 saturated heterocycles. The van der Waals surface area contributed by atoms with Crippen LogP contribution in [0.4, 0.5) is 0 Å². The van der Waals surface area contributed by atoms with Crippen LogP contribution in [0.1, 0.15) is 37.8 Å². The summed E-state index contributed by atoms with van der Waals surface area (Å²) in [6, 6.07) is -1.33. The van der Waals surface area contributed by atoms with Crippen LogP contribution in [0, 0.1) is 5.41 Å². The van der Waals surface area contributed by atoms with Crippen molar-refractivity contribution in [3.8, 4) is 0 Å². The molecule has 0 aliphatic heterocycles. The molecular formula is C13H20N4O3. The molecule has 3 atom stereocenters. The molecule has 0 aromatic carbocycles. The van der Waals surface area contributed by atoms with Crippen LogP contribution in [0.25, 0.3) is 0 Å². The van der Waals surface area contributed by atoms with Crippen LogP contribution in [0.2, 0.25) is 0 Å². The van der Waals surface area contributed by atoms with E-state index in [0.717, 1.165) is 12.8 Å². The Morgan fingerprint density at radius 2 is 2.35 bits per heavy atom. The van der Waals surface area contributed by atoms with Crippen LogP contribution >= 0.6 is 0 Å². The summed E-state index contributed by atoms with van der Waals surface area (Å²) in [5, 5.41) is 15.8. The van der Waals surface area contributed by atoms with E-state index in [2.05, 4.69) is 10.4 Å². The van der Waals surface area contributed by atoms with Gasteiger partial charge in [-0.05, 0) is 19.8 Å². The Kier molecular flexibility index (Phi) is 3.80. The second kappa shape index (κ2) is 5.24. The SMILES string of the molecule is Cn1cc(C(NC(=O)C2(C)CCCC2N)C(=O)O)cn1. The van der Waals surface area contributed by atoms with Crippen LogP contribution < -0.4 is 11.1 Å². The van der Waals surface area contributed by atoms with Crippen molar-refractivity contribution in [2.45, 2.75) is 38.3 Å². The van der Waals surface area contributed by atoms with Crippen molar-refractivity contribution in [2.75, 3.05) is 0 Å². The van der Waals surface area contributed by atoms with E-state index in [0.29, 0.717) is 12.0 Å². The predicted octanol–water partition coefficient (Wildman–Crippen LogP) is 0.180. The van der Waals surface area contributed by atoms with Crippen molar-refractivity contribution in [3.63, 3.8) is 0 Å². The first-order chi connectivity index (χ1) is 9.34. The van der Waals surface area contributed by atoms with E-state index in [1.54, 1.807) is 20.2 Å². The molecule has 1 fully saturated rings. The lowest BCUT2D eigenvalue weighted by molar-refractivity contribution is -0.144. The molecule has 1 amide bonds. The molecule has 3 unspecified atom stereocenters. The van der Waals surface area contributed by atoms with Crippen molar-refractivity contribution in [1.82, 2.24) is 15.1 Å². The lowest BCUT2D eigenvalue weighted by Crippen LogP contribution is -2.49. The van der Waals surface area contributed by atoms with Crippen molar-refractivity contribution >= 4 is 11.9 Å². The highest BCUT2D eigenvalue weighted by Crippen LogP contribution is 2.37. The van der Waals surface area contributed by atoms with Gasteiger partial charge in [0.2, 0.25) is 5.91 Å². The van der Waals surface area contributed by atoms with Gasteiger partial charge in [0.05, 0.1) is 11.6 Å². The third-order valence-electron chi connectivity index (χ3n) is 4.13. The summed E-state index contributed by atoms with van der Waals surface area (Å²) in [4.78, 5) is 23.8. The van der Waals surface area contributed by atoms with E-state index in [1.807, 2.05) is 0 Å². The highest BCUT2D eigenvalue weighted by Gasteiger charge is 2.44. The first-order valence-electron chi connectivity index (χ1n) is 6.62. The molecule has 1 saturated carbocycles. The van der Waals surface area contributed by atoms with Crippen molar-refractivity contribution in [3.05, 3.63) is 18.0 Å². The minimum absolute atomic E-state index is 0.231. The summed E-state index contributed by atoms with van der Waals surface area (Å²) < 4.78 is 1.50. The number of nitrogens with one attached hydrogen (secondary N) is 1.